The quantitative estimate of drug-likeness (QED) is 0.710. The molecule has 2 rings (SSSR count). The molecule has 1 aromatic carbocycles. The molecule has 1 fully saturated rings. The molecule has 4 nitrogen and oxygen atoms in total. The number of carbonyl (C=O) groups is 1. The van der Waals surface area contributed by atoms with E-state index in [1.165, 1.54) is 6.42 Å². The van der Waals surface area contributed by atoms with Gasteiger partial charge in [0, 0.05) is 11.7 Å². The number of hydrogen-bond acceptors (Lipinski definition) is 2. The molecule has 4 N–H and O–H groups in total. The molecule has 1 aromatic rings. The standard InChI is InChI=1S/C12H16ClN3O/c1-7-5-10(14)9(13)6-11(7)16-12(17)15-8-3-2-4-8/h5-6,8H,2-4,14H2,1H3,(H2,15,16,17). The minimum Gasteiger partial charge on any atom is -0.398 e. The summed E-state index contributed by atoms with van der Waals surface area (Å²) >= 11 is 5.92. The van der Waals surface area contributed by atoms with E-state index in [1.54, 1.807) is 12.1 Å². The van der Waals surface area contributed by atoms with Crippen molar-refractivity contribution < 1.29 is 4.79 Å². The van der Waals surface area contributed by atoms with Crippen molar-refractivity contribution in [1.29, 1.82) is 0 Å². The van der Waals surface area contributed by atoms with E-state index < -0.39 is 0 Å². The van der Waals surface area contributed by atoms with Crippen LogP contribution in [-0.2, 0) is 0 Å². The average Bonchev–Trinajstić information content (AvgIpc) is 2.20. The van der Waals surface area contributed by atoms with E-state index in [1.807, 2.05) is 6.92 Å². The molecule has 92 valence electrons. The summed E-state index contributed by atoms with van der Waals surface area (Å²) in [6.07, 6.45) is 3.32. The first-order valence-corrected chi connectivity index (χ1v) is 6.07. The van der Waals surface area contributed by atoms with Crippen LogP contribution >= 0.6 is 11.6 Å². The second kappa shape index (κ2) is 4.84. The molecule has 0 bridgehead atoms. The van der Waals surface area contributed by atoms with Gasteiger partial charge in [0.05, 0.1) is 10.7 Å². The first-order valence-electron chi connectivity index (χ1n) is 5.69. The minimum absolute atomic E-state index is 0.182. The molecule has 0 unspecified atom stereocenters. The van der Waals surface area contributed by atoms with Crippen molar-refractivity contribution in [2.45, 2.75) is 32.2 Å². The zero-order valence-electron chi connectivity index (χ0n) is 9.72. The van der Waals surface area contributed by atoms with E-state index in [0.29, 0.717) is 22.4 Å². The number of hydrogen-bond donors (Lipinski definition) is 3. The van der Waals surface area contributed by atoms with Crippen LogP contribution in [0.25, 0.3) is 0 Å². The van der Waals surface area contributed by atoms with E-state index in [2.05, 4.69) is 10.6 Å². The number of urea groups is 1. The number of benzene rings is 1. The molecule has 0 aromatic heterocycles. The highest BCUT2D eigenvalue weighted by Crippen LogP contribution is 2.26. The lowest BCUT2D eigenvalue weighted by Gasteiger charge is -2.26. The normalized spacial score (nSPS) is 15.2. The van der Waals surface area contributed by atoms with E-state index in [9.17, 15) is 4.79 Å². The predicted molar refractivity (Wildman–Crippen MR) is 70.4 cm³/mol. The molecule has 0 heterocycles. The number of carbonyl (C=O) groups excluding carboxylic acids is 1. The minimum atomic E-state index is -0.182. The number of nitrogen functional groups attached to an aromatic ring is 1. The second-order valence-corrected chi connectivity index (χ2v) is 4.82. The monoisotopic (exact) mass is 253 g/mol. The van der Waals surface area contributed by atoms with Gasteiger partial charge in [-0.15, -0.1) is 0 Å². The van der Waals surface area contributed by atoms with Crippen molar-refractivity contribution in [2.75, 3.05) is 11.1 Å². The fourth-order valence-electron chi connectivity index (χ4n) is 1.73. The topological polar surface area (TPSA) is 67.1 Å². The van der Waals surface area contributed by atoms with Crippen molar-refractivity contribution in [3.63, 3.8) is 0 Å². The number of aryl methyl sites for hydroxylation is 1. The lowest BCUT2D eigenvalue weighted by Crippen LogP contribution is -2.41. The number of anilines is 2. The summed E-state index contributed by atoms with van der Waals surface area (Å²) in [7, 11) is 0. The molecule has 0 saturated heterocycles. The highest BCUT2D eigenvalue weighted by atomic mass is 35.5. The molecule has 1 saturated carbocycles. The van der Waals surface area contributed by atoms with Crippen molar-refractivity contribution in [1.82, 2.24) is 5.32 Å². The summed E-state index contributed by atoms with van der Waals surface area (Å²) in [4.78, 5) is 11.7. The Balaban J connectivity index is 2.02. The fourth-order valence-corrected chi connectivity index (χ4v) is 1.90. The Labute approximate surface area is 106 Å². The van der Waals surface area contributed by atoms with Crippen LogP contribution in [0.15, 0.2) is 12.1 Å². The Morgan fingerprint density at radius 3 is 2.76 bits per heavy atom. The van der Waals surface area contributed by atoms with Crippen LogP contribution in [0.2, 0.25) is 5.02 Å². The lowest BCUT2D eigenvalue weighted by atomic mass is 9.93. The summed E-state index contributed by atoms with van der Waals surface area (Å²) in [5, 5.41) is 6.14. The third kappa shape index (κ3) is 2.82. The third-order valence-electron chi connectivity index (χ3n) is 3.03. The Kier molecular flexibility index (Phi) is 3.43. The van der Waals surface area contributed by atoms with Crippen LogP contribution in [0.5, 0.6) is 0 Å². The van der Waals surface area contributed by atoms with Crippen LogP contribution in [-0.4, -0.2) is 12.1 Å². The van der Waals surface area contributed by atoms with E-state index in [-0.39, 0.29) is 6.03 Å². The number of halogens is 1. The smallest absolute Gasteiger partial charge is 0.319 e. The van der Waals surface area contributed by atoms with Crippen LogP contribution in [0.1, 0.15) is 24.8 Å². The summed E-state index contributed by atoms with van der Waals surface area (Å²) < 4.78 is 0. The summed E-state index contributed by atoms with van der Waals surface area (Å²) in [5.74, 6) is 0. The van der Waals surface area contributed by atoms with Crippen molar-refractivity contribution in [3.8, 4) is 0 Å². The highest BCUT2D eigenvalue weighted by molar-refractivity contribution is 6.33. The van der Waals surface area contributed by atoms with Gasteiger partial charge in [0.1, 0.15) is 0 Å². The molecule has 2 amide bonds. The van der Waals surface area contributed by atoms with E-state index >= 15 is 0 Å². The number of rotatable bonds is 2. The maximum absolute atomic E-state index is 11.7. The molecule has 5 heteroatoms. The van der Waals surface area contributed by atoms with Crippen LogP contribution in [0.4, 0.5) is 16.2 Å². The summed E-state index contributed by atoms with van der Waals surface area (Å²) in [6, 6.07) is 3.56. The Morgan fingerprint density at radius 1 is 1.47 bits per heavy atom. The van der Waals surface area contributed by atoms with Crippen molar-refractivity contribution in [3.05, 3.63) is 22.7 Å². The van der Waals surface area contributed by atoms with Crippen LogP contribution in [0.3, 0.4) is 0 Å². The van der Waals surface area contributed by atoms with Gasteiger partial charge in [-0.1, -0.05) is 11.6 Å². The molecule has 0 radical (unpaired) electrons. The van der Waals surface area contributed by atoms with Gasteiger partial charge in [-0.3, -0.25) is 0 Å². The second-order valence-electron chi connectivity index (χ2n) is 4.41. The molecule has 0 aliphatic heterocycles. The van der Waals surface area contributed by atoms with Crippen LogP contribution < -0.4 is 16.4 Å². The Morgan fingerprint density at radius 2 is 2.18 bits per heavy atom. The molecule has 0 spiro atoms. The molecular formula is C12H16ClN3O. The van der Waals surface area contributed by atoms with E-state index in [0.717, 1.165) is 18.4 Å². The third-order valence-corrected chi connectivity index (χ3v) is 3.36. The molecular weight excluding hydrogens is 238 g/mol. The van der Waals surface area contributed by atoms with Gasteiger partial charge in [0.15, 0.2) is 0 Å². The summed E-state index contributed by atoms with van der Waals surface area (Å²) in [6.45, 7) is 1.88. The maximum atomic E-state index is 11.7. The fraction of sp³-hybridized carbons (Fsp3) is 0.417. The number of nitrogens with one attached hydrogen (secondary N) is 2. The van der Waals surface area contributed by atoms with E-state index in [4.69, 9.17) is 17.3 Å². The Hall–Kier alpha value is -1.42. The van der Waals surface area contributed by atoms with Crippen LogP contribution in [0, 0.1) is 6.92 Å². The van der Waals surface area contributed by atoms with Gasteiger partial charge in [-0.25, -0.2) is 4.79 Å². The number of amides is 2. The zero-order chi connectivity index (χ0) is 12.4. The highest BCUT2D eigenvalue weighted by Gasteiger charge is 2.19. The predicted octanol–water partition coefficient (Wildman–Crippen LogP) is 2.90. The van der Waals surface area contributed by atoms with Gasteiger partial charge >= 0.3 is 6.03 Å². The SMILES string of the molecule is Cc1cc(N)c(Cl)cc1NC(=O)NC1CCC1. The number of nitrogens with two attached hydrogens (primary N) is 1. The lowest BCUT2D eigenvalue weighted by molar-refractivity contribution is 0.240. The largest absolute Gasteiger partial charge is 0.398 e. The zero-order valence-corrected chi connectivity index (χ0v) is 10.5. The van der Waals surface area contributed by atoms with Gasteiger partial charge in [0.25, 0.3) is 0 Å². The summed E-state index contributed by atoms with van der Waals surface area (Å²) in [5.41, 5.74) is 7.79. The van der Waals surface area contributed by atoms with Gasteiger partial charge in [-0.2, -0.15) is 0 Å². The van der Waals surface area contributed by atoms with Crippen molar-refractivity contribution >= 4 is 29.0 Å². The molecule has 1 aliphatic rings. The average molecular weight is 254 g/mol. The van der Waals surface area contributed by atoms with Gasteiger partial charge in [-0.05, 0) is 43.9 Å². The van der Waals surface area contributed by atoms with Gasteiger partial charge in [0.2, 0.25) is 0 Å². The van der Waals surface area contributed by atoms with Gasteiger partial charge < -0.3 is 16.4 Å². The maximum Gasteiger partial charge on any atom is 0.319 e. The molecule has 1 aliphatic carbocycles. The first kappa shape index (κ1) is 12.0. The molecule has 0 atom stereocenters. The first-order chi connectivity index (χ1) is 8.06. The van der Waals surface area contributed by atoms with Crippen molar-refractivity contribution in [2.24, 2.45) is 0 Å². The Bertz CT molecular complexity index is 444. The molecule has 17 heavy (non-hydrogen) atoms.